The highest BCUT2D eigenvalue weighted by Gasteiger charge is 2.23. The molecular weight excluding hydrogens is 144 g/mol. The molecule has 0 radical (unpaired) electrons. The van der Waals surface area contributed by atoms with Crippen molar-refractivity contribution in [3.63, 3.8) is 0 Å². The van der Waals surface area contributed by atoms with Crippen LogP contribution in [0.2, 0.25) is 0 Å². The maximum absolute atomic E-state index is 9.94. The van der Waals surface area contributed by atoms with Crippen molar-refractivity contribution in [2.45, 2.75) is 0 Å². The molecule has 0 rings (SSSR count). The van der Waals surface area contributed by atoms with E-state index in [1.54, 1.807) is 0 Å². The summed E-state index contributed by atoms with van der Waals surface area (Å²) in [6.07, 6.45) is 0. The number of aliphatic carboxylic acids is 2. The van der Waals surface area contributed by atoms with Crippen molar-refractivity contribution < 1.29 is 19.8 Å². The number of carboxylic acids is 2. The zero-order valence-electron chi connectivity index (χ0n) is 4.44. The summed E-state index contributed by atoms with van der Waals surface area (Å²) in [5.74, 6) is -4.26. The smallest absolute Gasteiger partial charge is 0.318 e. The van der Waals surface area contributed by atoms with Gasteiger partial charge in [0.15, 0.2) is 5.92 Å². The predicted molar refractivity (Wildman–Crippen MR) is 32.6 cm³/mol. The quantitative estimate of drug-likeness (QED) is 0.381. The van der Waals surface area contributed by atoms with Gasteiger partial charge in [0.25, 0.3) is 0 Å². The molecule has 2 N–H and O–H groups in total. The van der Waals surface area contributed by atoms with Crippen molar-refractivity contribution in [2.75, 3.05) is 5.75 Å². The molecule has 0 aliphatic rings. The van der Waals surface area contributed by atoms with Gasteiger partial charge in [-0.25, -0.2) is 0 Å². The first-order chi connectivity index (χ1) is 4.09. The Hall–Kier alpha value is -0.710. The number of carboxylic acid groups (broad SMARTS) is 2. The summed E-state index contributed by atoms with van der Waals surface area (Å²) in [6, 6.07) is 0. The Morgan fingerprint density at radius 3 is 1.67 bits per heavy atom. The Bertz CT molecular complexity index is 119. The molecule has 0 atom stereocenters. The van der Waals surface area contributed by atoms with E-state index in [-0.39, 0.29) is 5.75 Å². The van der Waals surface area contributed by atoms with Gasteiger partial charge in [-0.15, -0.1) is 0 Å². The molecule has 5 heteroatoms. The van der Waals surface area contributed by atoms with E-state index in [1.165, 1.54) is 0 Å². The molecule has 0 aromatic heterocycles. The third-order valence-electron chi connectivity index (χ3n) is 0.779. The van der Waals surface area contributed by atoms with Crippen molar-refractivity contribution in [2.24, 2.45) is 5.92 Å². The highest BCUT2D eigenvalue weighted by molar-refractivity contribution is 7.80. The van der Waals surface area contributed by atoms with Gasteiger partial charge in [-0.1, -0.05) is 0 Å². The fourth-order valence-electron chi connectivity index (χ4n) is 0.262. The summed E-state index contributed by atoms with van der Waals surface area (Å²) in [5, 5.41) is 16.2. The van der Waals surface area contributed by atoms with Crippen molar-refractivity contribution in [3.8, 4) is 0 Å². The maximum atomic E-state index is 9.94. The van der Waals surface area contributed by atoms with Gasteiger partial charge in [0.2, 0.25) is 0 Å². The van der Waals surface area contributed by atoms with Gasteiger partial charge in [0.1, 0.15) is 0 Å². The van der Waals surface area contributed by atoms with Gasteiger partial charge in [0.05, 0.1) is 0 Å². The molecule has 0 aromatic carbocycles. The zero-order chi connectivity index (χ0) is 7.44. The van der Waals surface area contributed by atoms with Crippen LogP contribution in [-0.4, -0.2) is 27.9 Å². The molecule has 0 aliphatic carbocycles. The number of thiol groups is 1. The highest BCUT2D eigenvalue weighted by atomic mass is 32.1. The average molecular weight is 150 g/mol. The van der Waals surface area contributed by atoms with Crippen LogP contribution in [0.25, 0.3) is 0 Å². The van der Waals surface area contributed by atoms with Gasteiger partial charge < -0.3 is 10.2 Å². The molecule has 0 aromatic rings. The lowest BCUT2D eigenvalue weighted by molar-refractivity contribution is -0.153. The van der Waals surface area contributed by atoms with E-state index < -0.39 is 17.9 Å². The van der Waals surface area contributed by atoms with Crippen molar-refractivity contribution in [3.05, 3.63) is 0 Å². The summed E-state index contributed by atoms with van der Waals surface area (Å²) in [4.78, 5) is 19.9. The molecule has 0 fully saturated rings. The second kappa shape index (κ2) is 3.34. The minimum atomic E-state index is -1.38. The molecule has 0 heterocycles. The lowest BCUT2D eigenvalue weighted by Gasteiger charge is -1.99. The van der Waals surface area contributed by atoms with Gasteiger partial charge >= 0.3 is 11.9 Å². The second-order valence-corrected chi connectivity index (χ2v) is 1.78. The van der Waals surface area contributed by atoms with Gasteiger partial charge in [-0.3, -0.25) is 9.59 Å². The van der Waals surface area contributed by atoms with Crippen LogP contribution in [0.3, 0.4) is 0 Å². The molecule has 0 bridgehead atoms. The van der Waals surface area contributed by atoms with Crippen LogP contribution in [0.5, 0.6) is 0 Å². The first-order valence-electron chi connectivity index (χ1n) is 2.16. The first kappa shape index (κ1) is 8.29. The summed E-state index contributed by atoms with van der Waals surface area (Å²) in [7, 11) is 0. The van der Waals surface area contributed by atoms with Gasteiger partial charge in [-0.05, 0) is 0 Å². The Kier molecular flexibility index (Phi) is 3.08. The molecule has 9 heavy (non-hydrogen) atoms. The first-order valence-corrected chi connectivity index (χ1v) is 2.79. The van der Waals surface area contributed by atoms with Crippen LogP contribution in [0.1, 0.15) is 0 Å². The average Bonchev–Trinajstić information content (AvgIpc) is 1.64. The third kappa shape index (κ3) is 2.36. The predicted octanol–water partition coefficient (Wildman–Crippen LogP) is -0.298. The molecule has 52 valence electrons. The molecule has 0 saturated heterocycles. The second-order valence-electron chi connectivity index (χ2n) is 1.41. The zero-order valence-corrected chi connectivity index (χ0v) is 5.34. The summed E-state index contributed by atoms with van der Waals surface area (Å²) in [5.41, 5.74) is 0. The van der Waals surface area contributed by atoms with Gasteiger partial charge in [0, 0.05) is 5.75 Å². The van der Waals surface area contributed by atoms with Crippen LogP contribution in [0.15, 0.2) is 0 Å². The molecule has 0 saturated carbocycles. The highest BCUT2D eigenvalue weighted by Crippen LogP contribution is 1.98. The SMILES string of the molecule is O=C(O)C(CS)C(=O)O. The van der Waals surface area contributed by atoms with Gasteiger partial charge in [-0.2, -0.15) is 12.6 Å². The molecule has 0 amide bonds. The molecular formula is C4H6O4S. The maximum Gasteiger partial charge on any atom is 0.318 e. The van der Waals surface area contributed by atoms with E-state index in [9.17, 15) is 9.59 Å². The number of hydrogen-bond acceptors (Lipinski definition) is 3. The van der Waals surface area contributed by atoms with Crippen LogP contribution < -0.4 is 0 Å². The fourth-order valence-corrected chi connectivity index (χ4v) is 0.574. The van der Waals surface area contributed by atoms with E-state index in [0.29, 0.717) is 0 Å². The number of carbonyl (C=O) groups is 2. The monoisotopic (exact) mass is 150 g/mol. The van der Waals surface area contributed by atoms with Crippen LogP contribution >= 0.6 is 12.6 Å². The largest absolute Gasteiger partial charge is 0.481 e. The molecule has 0 aliphatic heterocycles. The van der Waals surface area contributed by atoms with E-state index >= 15 is 0 Å². The summed E-state index contributed by atoms with van der Waals surface area (Å²) >= 11 is 3.53. The Morgan fingerprint density at radius 2 is 1.67 bits per heavy atom. The Labute approximate surface area is 56.9 Å². The standard InChI is InChI=1S/C4H6O4S/c5-3(6)2(1-9)4(7)8/h2,9H,1H2,(H,5,6)(H,7,8). The fraction of sp³-hybridized carbons (Fsp3) is 0.500. The topological polar surface area (TPSA) is 74.6 Å². The number of rotatable bonds is 3. The Balaban J connectivity index is 3.99. The lowest BCUT2D eigenvalue weighted by Crippen LogP contribution is -2.24. The summed E-state index contributed by atoms with van der Waals surface area (Å²) in [6.45, 7) is 0. The van der Waals surface area contributed by atoms with Crippen molar-refractivity contribution >= 4 is 24.6 Å². The van der Waals surface area contributed by atoms with E-state index in [0.717, 1.165) is 0 Å². The van der Waals surface area contributed by atoms with E-state index in [4.69, 9.17) is 10.2 Å². The van der Waals surface area contributed by atoms with Crippen molar-refractivity contribution in [1.82, 2.24) is 0 Å². The number of hydrogen-bond donors (Lipinski definition) is 3. The third-order valence-corrected chi connectivity index (χ3v) is 1.14. The normalized spacial score (nSPS) is 9.56. The molecule has 0 spiro atoms. The van der Waals surface area contributed by atoms with E-state index in [1.807, 2.05) is 0 Å². The van der Waals surface area contributed by atoms with Crippen LogP contribution in [0.4, 0.5) is 0 Å². The minimum Gasteiger partial charge on any atom is -0.481 e. The van der Waals surface area contributed by atoms with Crippen LogP contribution in [-0.2, 0) is 9.59 Å². The Morgan fingerprint density at radius 1 is 1.33 bits per heavy atom. The van der Waals surface area contributed by atoms with Crippen molar-refractivity contribution in [1.29, 1.82) is 0 Å². The van der Waals surface area contributed by atoms with E-state index in [2.05, 4.69) is 12.6 Å². The summed E-state index contributed by atoms with van der Waals surface area (Å²) < 4.78 is 0. The minimum absolute atomic E-state index is 0.176. The molecule has 0 unspecified atom stereocenters. The molecule has 4 nitrogen and oxygen atoms in total. The van der Waals surface area contributed by atoms with Crippen LogP contribution in [0, 0.1) is 5.92 Å². The lowest BCUT2D eigenvalue weighted by atomic mass is 10.2.